The maximum atomic E-state index is 5.49. The third-order valence-corrected chi connectivity index (χ3v) is 4.09. The molecule has 0 unspecified atom stereocenters. The van der Waals surface area contributed by atoms with Gasteiger partial charge in [0.1, 0.15) is 0 Å². The molecule has 0 saturated carbocycles. The number of ether oxygens (including phenoxy) is 1. The molecule has 0 aromatic heterocycles. The Morgan fingerprint density at radius 2 is 1.09 bits per heavy atom. The predicted molar refractivity (Wildman–Crippen MR) is 105 cm³/mol. The van der Waals surface area contributed by atoms with Crippen molar-refractivity contribution in [3.63, 3.8) is 0 Å². The smallest absolute Gasteiger partial charge is 0.0466 e. The van der Waals surface area contributed by atoms with Crippen LogP contribution >= 0.6 is 0 Å². The molecule has 0 atom stereocenters. The molecule has 1 heteroatoms. The van der Waals surface area contributed by atoms with Crippen LogP contribution in [0.15, 0.2) is 24.3 Å². The van der Waals surface area contributed by atoms with Gasteiger partial charge in [0.2, 0.25) is 0 Å². The first-order chi connectivity index (χ1) is 11.4. The summed E-state index contributed by atoms with van der Waals surface area (Å²) in [5.41, 5.74) is 0. The third-order valence-electron chi connectivity index (χ3n) is 4.09. The molecule has 0 aliphatic carbocycles. The van der Waals surface area contributed by atoms with Crippen LogP contribution in [0.5, 0.6) is 0 Å². The predicted octanol–water partition coefficient (Wildman–Crippen LogP) is 7.62. The van der Waals surface area contributed by atoms with Gasteiger partial charge < -0.3 is 4.74 Å². The van der Waals surface area contributed by atoms with Gasteiger partial charge in [-0.15, -0.1) is 0 Å². The molecular formula is C22H42O. The summed E-state index contributed by atoms with van der Waals surface area (Å²) in [6.07, 6.45) is 27.7. The molecular weight excluding hydrogens is 280 g/mol. The van der Waals surface area contributed by atoms with Crippen LogP contribution in [-0.4, -0.2) is 13.2 Å². The molecule has 23 heavy (non-hydrogen) atoms. The average Bonchev–Trinajstić information content (AvgIpc) is 2.57. The van der Waals surface area contributed by atoms with Crippen LogP contribution < -0.4 is 0 Å². The molecule has 1 nitrogen and oxygen atoms in total. The van der Waals surface area contributed by atoms with Gasteiger partial charge in [-0.05, 0) is 44.9 Å². The molecule has 0 aliphatic rings. The van der Waals surface area contributed by atoms with Crippen molar-refractivity contribution in [2.75, 3.05) is 13.2 Å². The summed E-state index contributed by atoms with van der Waals surface area (Å²) in [5.74, 6) is 0. The topological polar surface area (TPSA) is 9.23 Å². The highest BCUT2D eigenvalue weighted by molar-refractivity contribution is 4.92. The summed E-state index contributed by atoms with van der Waals surface area (Å²) < 4.78 is 5.49. The van der Waals surface area contributed by atoms with Crippen LogP contribution in [0.1, 0.15) is 104 Å². The molecule has 0 saturated heterocycles. The Bertz CT molecular complexity index is 255. The van der Waals surface area contributed by atoms with E-state index >= 15 is 0 Å². The van der Waals surface area contributed by atoms with E-state index in [2.05, 4.69) is 38.2 Å². The van der Waals surface area contributed by atoms with Gasteiger partial charge in [0.15, 0.2) is 0 Å². The number of allylic oxidation sites excluding steroid dienone is 4. The Morgan fingerprint density at radius 3 is 1.70 bits per heavy atom. The van der Waals surface area contributed by atoms with Crippen molar-refractivity contribution >= 4 is 0 Å². The maximum Gasteiger partial charge on any atom is 0.0466 e. The summed E-state index contributed by atoms with van der Waals surface area (Å²) in [5, 5.41) is 0. The molecule has 0 heterocycles. The zero-order valence-electron chi connectivity index (χ0n) is 16.0. The van der Waals surface area contributed by atoms with E-state index in [1.807, 2.05) is 0 Å². The van der Waals surface area contributed by atoms with Gasteiger partial charge in [-0.25, -0.2) is 0 Å². The molecule has 0 radical (unpaired) electrons. The SMILES string of the molecule is CCCCCC=CCC=CCCCCCCCCCOCCC. The number of rotatable bonds is 18. The van der Waals surface area contributed by atoms with Crippen molar-refractivity contribution in [3.05, 3.63) is 24.3 Å². The van der Waals surface area contributed by atoms with Gasteiger partial charge in [-0.1, -0.05) is 83.1 Å². The van der Waals surface area contributed by atoms with Crippen LogP contribution in [0.4, 0.5) is 0 Å². The zero-order valence-corrected chi connectivity index (χ0v) is 16.0. The normalized spacial score (nSPS) is 11.9. The molecule has 136 valence electrons. The van der Waals surface area contributed by atoms with Crippen molar-refractivity contribution in [2.45, 2.75) is 104 Å². The van der Waals surface area contributed by atoms with Crippen LogP contribution in [0.2, 0.25) is 0 Å². The summed E-state index contributed by atoms with van der Waals surface area (Å²) in [6, 6.07) is 0. The van der Waals surface area contributed by atoms with E-state index in [9.17, 15) is 0 Å². The average molecular weight is 323 g/mol. The summed E-state index contributed by atoms with van der Waals surface area (Å²) in [7, 11) is 0. The number of unbranched alkanes of at least 4 members (excludes halogenated alkanes) is 10. The van der Waals surface area contributed by atoms with Gasteiger partial charge in [-0.2, -0.15) is 0 Å². The Kier molecular flexibility index (Phi) is 20.9. The van der Waals surface area contributed by atoms with Crippen LogP contribution in [0, 0.1) is 0 Å². The molecule has 0 spiro atoms. The first-order valence-electron chi connectivity index (χ1n) is 10.3. The van der Waals surface area contributed by atoms with Gasteiger partial charge >= 0.3 is 0 Å². The largest absolute Gasteiger partial charge is 0.381 e. The minimum atomic E-state index is 0.933. The van der Waals surface area contributed by atoms with Crippen LogP contribution in [0.3, 0.4) is 0 Å². The lowest BCUT2D eigenvalue weighted by Gasteiger charge is -2.02. The van der Waals surface area contributed by atoms with Crippen molar-refractivity contribution in [1.82, 2.24) is 0 Å². The number of hydrogen-bond donors (Lipinski definition) is 0. The molecule has 0 N–H and O–H groups in total. The van der Waals surface area contributed by atoms with Crippen molar-refractivity contribution in [2.24, 2.45) is 0 Å². The van der Waals surface area contributed by atoms with Gasteiger partial charge in [0, 0.05) is 13.2 Å². The molecule has 0 fully saturated rings. The second-order valence-corrected chi connectivity index (χ2v) is 6.55. The fraction of sp³-hybridized carbons (Fsp3) is 0.818. The van der Waals surface area contributed by atoms with E-state index in [0.717, 1.165) is 26.1 Å². The Hall–Kier alpha value is -0.560. The van der Waals surface area contributed by atoms with Gasteiger partial charge in [0.25, 0.3) is 0 Å². The standard InChI is InChI=1S/C22H42O/c1-3-5-6-7-8-9-10-11-12-13-14-15-16-17-18-19-20-22-23-21-4-2/h8-9,11-12H,3-7,10,13-22H2,1-2H3. The highest BCUT2D eigenvalue weighted by Crippen LogP contribution is 2.09. The second kappa shape index (κ2) is 21.4. The fourth-order valence-corrected chi connectivity index (χ4v) is 2.62. The van der Waals surface area contributed by atoms with Crippen molar-refractivity contribution < 1.29 is 4.74 Å². The monoisotopic (exact) mass is 322 g/mol. The molecule has 0 aromatic carbocycles. The fourth-order valence-electron chi connectivity index (χ4n) is 2.62. The highest BCUT2D eigenvalue weighted by atomic mass is 16.5. The summed E-state index contributed by atoms with van der Waals surface area (Å²) in [4.78, 5) is 0. The lowest BCUT2D eigenvalue weighted by Crippen LogP contribution is -1.95. The Labute approximate surface area is 146 Å². The second-order valence-electron chi connectivity index (χ2n) is 6.55. The quantitative estimate of drug-likeness (QED) is 0.186. The summed E-state index contributed by atoms with van der Waals surface area (Å²) >= 11 is 0. The van der Waals surface area contributed by atoms with Crippen LogP contribution in [-0.2, 0) is 4.74 Å². The van der Waals surface area contributed by atoms with Crippen molar-refractivity contribution in [3.8, 4) is 0 Å². The number of hydrogen-bond acceptors (Lipinski definition) is 1. The molecule has 0 bridgehead atoms. The minimum absolute atomic E-state index is 0.933. The van der Waals surface area contributed by atoms with E-state index in [1.165, 1.54) is 77.0 Å². The van der Waals surface area contributed by atoms with Crippen molar-refractivity contribution in [1.29, 1.82) is 0 Å². The molecule has 0 amide bonds. The highest BCUT2D eigenvalue weighted by Gasteiger charge is 1.92. The lowest BCUT2D eigenvalue weighted by molar-refractivity contribution is 0.130. The zero-order chi connectivity index (χ0) is 16.8. The van der Waals surface area contributed by atoms with E-state index in [0.29, 0.717) is 0 Å². The third kappa shape index (κ3) is 21.4. The lowest BCUT2D eigenvalue weighted by atomic mass is 10.1. The van der Waals surface area contributed by atoms with Gasteiger partial charge in [0.05, 0.1) is 0 Å². The Balaban J connectivity index is 3.10. The summed E-state index contributed by atoms with van der Waals surface area (Å²) in [6.45, 7) is 6.32. The molecule has 0 aromatic rings. The first-order valence-corrected chi connectivity index (χ1v) is 10.3. The van der Waals surface area contributed by atoms with E-state index in [4.69, 9.17) is 4.74 Å². The van der Waals surface area contributed by atoms with Gasteiger partial charge in [-0.3, -0.25) is 0 Å². The minimum Gasteiger partial charge on any atom is -0.381 e. The maximum absolute atomic E-state index is 5.49. The van der Waals surface area contributed by atoms with Crippen LogP contribution in [0.25, 0.3) is 0 Å². The van der Waals surface area contributed by atoms with E-state index in [-0.39, 0.29) is 0 Å². The Morgan fingerprint density at radius 1 is 0.522 bits per heavy atom. The first kappa shape index (κ1) is 22.4. The molecule has 0 aliphatic heterocycles. The van der Waals surface area contributed by atoms with E-state index < -0.39 is 0 Å². The molecule has 0 rings (SSSR count). The van der Waals surface area contributed by atoms with E-state index in [1.54, 1.807) is 0 Å².